The number of nitrogens with one attached hydrogen (secondary N) is 2. The number of amides is 2. The van der Waals surface area contributed by atoms with E-state index in [2.05, 4.69) is 20.5 Å². The van der Waals surface area contributed by atoms with Gasteiger partial charge in [0.05, 0.1) is 18.4 Å². The van der Waals surface area contributed by atoms with Gasteiger partial charge in [-0.1, -0.05) is 42.5 Å². The molecular weight excluding hydrogens is 413 g/mol. The fourth-order valence-electron chi connectivity index (χ4n) is 3.86. The third kappa shape index (κ3) is 5.00. The van der Waals surface area contributed by atoms with Gasteiger partial charge in [-0.3, -0.25) is 14.7 Å². The SMILES string of the molecule is COCC(=O)N[C@@H]1CN(C(=O)Cc2ccc(F)cc2)C[C@H]1c1nc(-c2ccccc2)n[nH]1. The molecule has 2 amide bonds. The molecule has 0 bridgehead atoms. The van der Waals surface area contributed by atoms with Gasteiger partial charge in [0.1, 0.15) is 18.2 Å². The fourth-order valence-corrected chi connectivity index (χ4v) is 3.86. The molecule has 166 valence electrons. The number of halogens is 1. The Labute approximate surface area is 184 Å². The number of nitrogens with zero attached hydrogens (tertiary/aromatic N) is 3. The van der Waals surface area contributed by atoms with Gasteiger partial charge in [-0.2, -0.15) is 5.10 Å². The summed E-state index contributed by atoms with van der Waals surface area (Å²) in [6.45, 7) is 0.640. The van der Waals surface area contributed by atoms with E-state index in [4.69, 9.17) is 4.74 Å². The first-order chi connectivity index (χ1) is 15.5. The zero-order chi connectivity index (χ0) is 22.5. The number of carbonyl (C=O) groups excluding carboxylic acids is 2. The molecule has 0 aliphatic carbocycles. The lowest BCUT2D eigenvalue weighted by Crippen LogP contribution is -2.42. The topological polar surface area (TPSA) is 100 Å². The molecule has 1 aliphatic rings. The average molecular weight is 437 g/mol. The Bertz CT molecular complexity index is 1070. The van der Waals surface area contributed by atoms with Crippen molar-refractivity contribution in [2.75, 3.05) is 26.8 Å². The minimum Gasteiger partial charge on any atom is -0.375 e. The highest BCUT2D eigenvalue weighted by atomic mass is 19.1. The van der Waals surface area contributed by atoms with Crippen LogP contribution in [0, 0.1) is 5.82 Å². The quantitative estimate of drug-likeness (QED) is 0.588. The van der Waals surface area contributed by atoms with Crippen LogP contribution in [0.25, 0.3) is 11.4 Å². The Hall–Kier alpha value is -3.59. The maximum Gasteiger partial charge on any atom is 0.246 e. The molecule has 8 nitrogen and oxygen atoms in total. The molecular formula is C23H24FN5O3. The largest absolute Gasteiger partial charge is 0.375 e. The molecule has 0 saturated carbocycles. The lowest BCUT2D eigenvalue weighted by atomic mass is 10.0. The predicted octanol–water partition coefficient (Wildman–Crippen LogP) is 1.91. The van der Waals surface area contributed by atoms with Crippen molar-refractivity contribution in [2.45, 2.75) is 18.4 Å². The van der Waals surface area contributed by atoms with E-state index in [1.54, 1.807) is 17.0 Å². The maximum absolute atomic E-state index is 13.2. The number of methoxy groups -OCH3 is 1. The van der Waals surface area contributed by atoms with Crippen LogP contribution >= 0.6 is 0 Å². The van der Waals surface area contributed by atoms with Crippen LogP contribution in [0.15, 0.2) is 54.6 Å². The summed E-state index contributed by atoms with van der Waals surface area (Å²) in [6.07, 6.45) is 0.150. The molecule has 2 heterocycles. The first-order valence-corrected chi connectivity index (χ1v) is 10.3. The molecule has 1 aromatic heterocycles. The molecule has 1 fully saturated rings. The second-order valence-electron chi connectivity index (χ2n) is 7.73. The Morgan fingerprint density at radius 1 is 1.16 bits per heavy atom. The van der Waals surface area contributed by atoms with Crippen LogP contribution < -0.4 is 5.32 Å². The van der Waals surface area contributed by atoms with E-state index in [0.29, 0.717) is 24.7 Å². The Balaban J connectivity index is 1.52. The van der Waals surface area contributed by atoms with E-state index in [-0.39, 0.29) is 42.6 Å². The second-order valence-corrected chi connectivity index (χ2v) is 7.73. The van der Waals surface area contributed by atoms with Gasteiger partial charge < -0.3 is 15.0 Å². The normalized spacial score (nSPS) is 18.0. The second kappa shape index (κ2) is 9.69. The monoisotopic (exact) mass is 437 g/mol. The summed E-state index contributed by atoms with van der Waals surface area (Å²) in [7, 11) is 1.45. The van der Waals surface area contributed by atoms with Crippen LogP contribution in [-0.4, -0.2) is 64.7 Å². The summed E-state index contributed by atoms with van der Waals surface area (Å²) in [4.78, 5) is 31.4. The summed E-state index contributed by atoms with van der Waals surface area (Å²) in [6, 6.07) is 15.1. The van der Waals surface area contributed by atoms with Crippen LogP contribution in [-0.2, 0) is 20.7 Å². The fraction of sp³-hybridized carbons (Fsp3) is 0.304. The number of H-pyrrole nitrogens is 1. The van der Waals surface area contributed by atoms with E-state index in [9.17, 15) is 14.0 Å². The average Bonchev–Trinajstić information content (AvgIpc) is 3.43. The van der Waals surface area contributed by atoms with Crippen LogP contribution in [0.1, 0.15) is 17.3 Å². The summed E-state index contributed by atoms with van der Waals surface area (Å²) in [5.74, 6) is 0.189. The zero-order valence-corrected chi connectivity index (χ0v) is 17.6. The number of likely N-dealkylation sites (tertiary alicyclic amines) is 1. The van der Waals surface area contributed by atoms with Crippen molar-refractivity contribution in [3.05, 3.63) is 71.8 Å². The zero-order valence-electron chi connectivity index (χ0n) is 17.6. The van der Waals surface area contributed by atoms with Crippen LogP contribution in [0.4, 0.5) is 4.39 Å². The molecule has 2 N–H and O–H groups in total. The van der Waals surface area contributed by atoms with Crippen molar-refractivity contribution in [3.63, 3.8) is 0 Å². The van der Waals surface area contributed by atoms with Crippen molar-refractivity contribution in [1.29, 1.82) is 0 Å². The number of aromatic nitrogens is 3. The number of hydrogen-bond acceptors (Lipinski definition) is 5. The van der Waals surface area contributed by atoms with Gasteiger partial charge in [-0.25, -0.2) is 9.37 Å². The van der Waals surface area contributed by atoms with Crippen molar-refractivity contribution >= 4 is 11.8 Å². The molecule has 4 rings (SSSR count). The highest BCUT2D eigenvalue weighted by Gasteiger charge is 2.39. The Morgan fingerprint density at radius 2 is 1.91 bits per heavy atom. The summed E-state index contributed by atoms with van der Waals surface area (Å²) in [5, 5.41) is 10.2. The number of ether oxygens (including phenoxy) is 1. The van der Waals surface area contributed by atoms with Gasteiger partial charge in [0.25, 0.3) is 0 Å². The molecule has 3 aromatic rings. The van der Waals surface area contributed by atoms with Gasteiger partial charge in [0, 0.05) is 25.8 Å². The van der Waals surface area contributed by atoms with E-state index in [1.807, 2.05) is 30.3 Å². The standard InChI is InChI=1S/C23H24FN5O3/c1-32-14-20(30)25-19-13-29(21(31)11-15-7-9-17(24)10-8-15)12-18(19)23-26-22(27-28-23)16-5-3-2-4-6-16/h2-10,18-19H,11-14H2,1H3,(H,25,30)(H,26,27,28)/t18-,19-/m1/s1. The molecule has 2 aromatic carbocycles. The Kier molecular flexibility index (Phi) is 6.55. The minimum absolute atomic E-state index is 0.0710. The van der Waals surface area contributed by atoms with Gasteiger partial charge in [-0.05, 0) is 17.7 Å². The predicted molar refractivity (Wildman–Crippen MR) is 115 cm³/mol. The summed E-state index contributed by atoms with van der Waals surface area (Å²) in [5.41, 5.74) is 1.60. The molecule has 2 atom stereocenters. The number of carbonyl (C=O) groups is 2. The summed E-state index contributed by atoms with van der Waals surface area (Å²) < 4.78 is 18.1. The van der Waals surface area contributed by atoms with Crippen molar-refractivity contribution in [2.24, 2.45) is 0 Å². The van der Waals surface area contributed by atoms with Gasteiger partial charge >= 0.3 is 0 Å². The van der Waals surface area contributed by atoms with Crippen LogP contribution in [0.3, 0.4) is 0 Å². The van der Waals surface area contributed by atoms with E-state index >= 15 is 0 Å². The lowest BCUT2D eigenvalue weighted by molar-refractivity contribution is -0.130. The molecule has 0 radical (unpaired) electrons. The van der Waals surface area contributed by atoms with E-state index < -0.39 is 0 Å². The van der Waals surface area contributed by atoms with Crippen LogP contribution in [0.2, 0.25) is 0 Å². The Morgan fingerprint density at radius 3 is 2.62 bits per heavy atom. The molecule has 1 saturated heterocycles. The summed E-state index contributed by atoms with van der Waals surface area (Å²) >= 11 is 0. The first kappa shape index (κ1) is 21.6. The number of benzene rings is 2. The van der Waals surface area contributed by atoms with Crippen molar-refractivity contribution < 1.29 is 18.7 Å². The molecule has 9 heteroatoms. The maximum atomic E-state index is 13.2. The van der Waals surface area contributed by atoms with Crippen molar-refractivity contribution in [3.8, 4) is 11.4 Å². The van der Waals surface area contributed by atoms with Gasteiger partial charge in [-0.15, -0.1) is 0 Å². The molecule has 32 heavy (non-hydrogen) atoms. The van der Waals surface area contributed by atoms with E-state index in [1.165, 1.54) is 19.2 Å². The van der Waals surface area contributed by atoms with Crippen molar-refractivity contribution in [1.82, 2.24) is 25.4 Å². The third-order valence-corrected chi connectivity index (χ3v) is 5.45. The number of hydrogen-bond donors (Lipinski definition) is 2. The number of rotatable bonds is 7. The smallest absolute Gasteiger partial charge is 0.246 e. The molecule has 1 aliphatic heterocycles. The molecule has 0 unspecified atom stereocenters. The van der Waals surface area contributed by atoms with Gasteiger partial charge in [0.15, 0.2) is 5.82 Å². The minimum atomic E-state index is -0.345. The van der Waals surface area contributed by atoms with Gasteiger partial charge in [0.2, 0.25) is 11.8 Å². The number of aromatic amines is 1. The van der Waals surface area contributed by atoms with Crippen LogP contribution in [0.5, 0.6) is 0 Å². The van der Waals surface area contributed by atoms with E-state index in [0.717, 1.165) is 11.1 Å². The third-order valence-electron chi connectivity index (χ3n) is 5.45. The lowest BCUT2D eigenvalue weighted by Gasteiger charge is -2.17. The first-order valence-electron chi connectivity index (χ1n) is 10.3. The highest BCUT2D eigenvalue weighted by Crippen LogP contribution is 2.27. The highest BCUT2D eigenvalue weighted by molar-refractivity contribution is 5.80. The molecule has 0 spiro atoms.